The Labute approximate surface area is 343 Å². The van der Waals surface area contributed by atoms with Gasteiger partial charge in [0.05, 0.1) is 31.9 Å². The highest BCUT2D eigenvalue weighted by molar-refractivity contribution is 7.17. The van der Waals surface area contributed by atoms with Crippen LogP contribution in [0, 0.1) is 23.7 Å². The molecule has 0 radical (unpaired) electrons. The monoisotopic (exact) mass is 822 g/mol. The number of esters is 1. The molecular weight excluding hydrogens is 765 g/mol. The lowest BCUT2D eigenvalue weighted by molar-refractivity contribution is -0.120. The number of carbonyl (C=O) groups is 4. The number of carbonyl (C=O) groups excluding carboxylic acids is 3. The molecule has 4 heterocycles. The number of anilines is 2. The lowest BCUT2D eigenvalue weighted by Crippen LogP contribution is -2.28. The minimum absolute atomic E-state index is 0. The third-order valence-corrected chi connectivity index (χ3v) is 12.9. The molecule has 0 aliphatic heterocycles. The van der Waals surface area contributed by atoms with Crippen molar-refractivity contribution in [2.45, 2.75) is 130 Å². The van der Waals surface area contributed by atoms with Gasteiger partial charge in [0.2, 0.25) is 0 Å². The van der Waals surface area contributed by atoms with Crippen LogP contribution < -0.4 is 10.6 Å². The molecule has 0 bridgehead atoms. The number of rotatable bonds is 16. The minimum atomic E-state index is -1.03. The van der Waals surface area contributed by atoms with Crippen LogP contribution in [-0.4, -0.2) is 65.5 Å². The van der Waals surface area contributed by atoms with Gasteiger partial charge >= 0.3 is 11.9 Å². The number of aromatic carboxylic acids is 1. The number of nitrogens with one attached hydrogen (secondary N) is 2. The molecule has 0 spiro atoms. The molecule has 3 N–H and O–H groups in total. The fraction of sp³-hybridized carbons (Fsp3) is 0.610. The summed E-state index contributed by atoms with van der Waals surface area (Å²) in [6.07, 6.45) is 28.8. The third kappa shape index (κ3) is 12.3. The maximum Gasteiger partial charge on any atom is 0.349 e. The van der Waals surface area contributed by atoms with Crippen molar-refractivity contribution in [1.82, 2.24) is 29.5 Å². The van der Waals surface area contributed by atoms with Crippen LogP contribution in [0.15, 0.2) is 37.2 Å². The van der Waals surface area contributed by atoms with Gasteiger partial charge in [-0.1, -0.05) is 88.9 Å². The summed E-state index contributed by atoms with van der Waals surface area (Å²) in [7, 11) is 1.33. The van der Waals surface area contributed by atoms with Crippen molar-refractivity contribution < 1.29 is 29.0 Å². The molecule has 16 heteroatoms. The van der Waals surface area contributed by atoms with Gasteiger partial charge < -0.3 is 20.5 Å². The molecule has 4 fully saturated rings. The van der Waals surface area contributed by atoms with E-state index < -0.39 is 18.0 Å². The van der Waals surface area contributed by atoms with Crippen LogP contribution in [0.5, 0.6) is 0 Å². The Morgan fingerprint density at radius 2 is 1.11 bits per heavy atom. The van der Waals surface area contributed by atoms with E-state index in [9.17, 15) is 19.2 Å². The lowest BCUT2D eigenvalue weighted by atomic mass is 9.98. The van der Waals surface area contributed by atoms with E-state index in [1.165, 1.54) is 94.8 Å². The summed E-state index contributed by atoms with van der Waals surface area (Å²) >= 11 is 2.10. The van der Waals surface area contributed by atoms with Gasteiger partial charge in [0.1, 0.15) is 21.8 Å². The Kier molecular flexibility index (Phi) is 15.6. The second kappa shape index (κ2) is 20.3. The highest BCUT2D eigenvalue weighted by Gasteiger charge is 2.31. The van der Waals surface area contributed by atoms with Crippen molar-refractivity contribution >= 4 is 56.7 Å². The molecule has 2 atom stereocenters. The molecular formula is C41H58N8O6S2. The van der Waals surface area contributed by atoms with Gasteiger partial charge in [-0.25, -0.2) is 19.6 Å². The first-order valence-electron chi connectivity index (χ1n) is 19.6. The summed E-state index contributed by atoms with van der Waals surface area (Å²) in [5, 5.41) is 24.4. The second-order valence-electron chi connectivity index (χ2n) is 15.6. The number of amides is 2. The summed E-state index contributed by atoms with van der Waals surface area (Å²) in [4.78, 5) is 57.3. The average molecular weight is 823 g/mol. The van der Waals surface area contributed by atoms with Crippen LogP contribution in [0.3, 0.4) is 0 Å². The van der Waals surface area contributed by atoms with Gasteiger partial charge in [-0.3, -0.25) is 19.0 Å². The maximum atomic E-state index is 13.1. The van der Waals surface area contributed by atoms with Gasteiger partial charge in [0.25, 0.3) is 11.8 Å². The van der Waals surface area contributed by atoms with E-state index in [0.717, 1.165) is 73.0 Å². The predicted molar refractivity (Wildman–Crippen MR) is 222 cm³/mol. The number of aromatic nitrogens is 6. The third-order valence-electron chi connectivity index (χ3n) is 11.1. The Balaban J connectivity index is 0.000000210. The smallest absolute Gasteiger partial charge is 0.349 e. The zero-order valence-electron chi connectivity index (χ0n) is 31.2. The van der Waals surface area contributed by atoms with Crippen molar-refractivity contribution in [3.05, 3.63) is 58.1 Å². The largest absolute Gasteiger partial charge is 0.477 e. The van der Waals surface area contributed by atoms with Crippen molar-refractivity contribution in [3.8, 4) is 0 Å². The molecule has 0 aromatic carbocycles. The minimum Gasteiger partial charge on any atom is -0.477 e. The van der Waals surface area contributed by atoms with E-state index in [0.29, 0.717) is 27.0 Å². The normalized spacial score (nSPS) is 17.7. The molecule has 2 amide bonds. The van der Waals surface area contributed by atoms with E-state index >= 15 is 0 Å². The van der Waals surface area contributed by atoms with Crippen LogP contribution in [0.25, 0.3) is 0 Å². The van der Waals surface area contributed by atoms with Gasteiger partial charge in [-0.05, 0) is 86.2 Å². The van der Waals surface area contributed by atoms with E-state index in [2.05, 4.69) is 30.8 Å². The molecule has 57 heavy (non-hydrogen) atoms. The van der Waals surface area contributed by atoms with E-state index in [1.54, 1.807) is 4.68 Å². The van der Waals surface area contributed by atoms with E-state index in [1.807, 2.05) is 29.5 Å². The lowest BCUT2D eigenvalue weighted by Gasteiger charge is -2.20. The number of hydrogen-bond acceptors (Lipinski definition) is 11. The standard InChI is InChI=1S/C20H26N4O3S.C19H24N4O3S.2CH4/c1-27-19(26)17-11-21-20(28-17)23-18(25)16(9-13-4-2-3-5-13)24-12-15(10-22-24)8-14-6-7-14;24-17(22-19-20-10-16(27-19)18(25)26)15(8-12-3-1-2-4-12)23-11-14(9-21-23)7-13-5-6-13;;/h10-14,16H,2-9H2,1H3,(H,21,23,25);9-13,15H,1-8H2,(H,25,26)(H,20,22,24);2*1H4. The fourth-order valence-electron chi connectivity index (χ4n) is 7.75. The van der Waals surface area contributed by atoms with Crippen LogP contribution in [0.2, 0.25) is 0 Å². The summed E-state index contributed by atoms with van der Waals surface area (Å²) in [6, 6.07) is -0.750. The van der Waals surface area contributed by atoms with E-state index in [-0.39, 0.29) is 37.6 Å². The zero-order chi connectivity index (χ0) is 38.3. The number of carboxylic acid groups (broad SMARTS) is 1. The first-order chi connectivity index (χ1) is 26.7. The molecule has 0 saturated heterocycles. The Hall–Kier alpha value is -4.44. The summed E-state index contributed by atoms with van der Waals surface area (Å²) in [6.45, 7) is 0. The molecule has 4 aromatic rings. The van der Waals surface area contributed by atoms with E-state index in [4.69, 9.17) is 9.84 Å². The highest BCUT2D eigenvalue weighted by atomic mass is 32.1. The van der Waals surface area contributed by atoms with Crippen LogP contribution in [0.4, 0.5) is 10.3 Å². The van der Waals surface area contributed by atoms with Gasteiger partial charge in [0, 0.05) is 12.4 Å². The van der Waals surface area contributed by atoms with Crippen molar-refractivity contribution in [2.24, 2.45) is 23.7 Å². The van der Waals surface area contributed by atoms with Crippen molar-refractivity contribution in [2.75, 3.05) is 17.7 Å². The molecule has 4 aliphatic carbocycles. The summed E-state index contributed by atoms with van der Waals surface area (Å²) in [5.41, 5.74) is 2.39. The quantitative estimate of drug-likeness (QED) is 0.0923. The molecule has 4 aliphatic rings. The molecule has 2 unspecified atom stereocenters. The number of carboxylic acids is 1. The van der Waals surface area contributed by atoms with Gasteiger partial charge in [0.15, 0.2) is 10.3 Å². The SMILES string of the molecule is C.C.COC(=O)c1cnc(NC(=O)C(CC2CCCC2)n2cc(CC3CC3)cn2)s1.O=C(O)c1cnc(NC(=O)C(CC2CCCC2)n2cc(CC3CC3)cn2)s1. The van der Waals surface area contributed by atoms with Gasteiger partial charge in [-0.15, -0.1) is 0 Å². The first kappa shape index (κ1) is 43.7. The number of hydrogen-bond donors (Lipinski definition) is 3. The van der Waals surface area contributed by atoms with Crippen molar-refractivity contribution in [1.29, 1.82) is 0 Å². The number of ether oxygens (including phenoxy) is 1. The van der Waals surface area contributed by atoms with Crippen molar-refractivity contribution in [3.63, 3.8) is 0 Å². The molecule has 310 valence electrons. The molecule has 14 nitrogen and oxygen atoms in total. The summed E-state index contributed by atoms with van der Waals surface area (Å²) in [5.74, 6) is 0.857. The molecule has 4 saturated carbocycles. The Bertz CT molecular complexity index is 1930. The average Bonchev–Trinajstić information content (AvgIpc) is 3.68. The Morgan fingerprint density at radius 3 is 1.49 bits per heavy atom. The van der Waals surface area contributed by atoms with Crippen LogP contribution in [-0.2, 0) is 27.2 Å². The summed E-state index contributed by atoms with van der Waals surface area (Å²) < 4.78 is 8.31. The second-order valence-corrected chi connectivity index (χ2v) is 17.7. The fourth-order valence-corrected chi connectivity index (χ4v) is 9.14. The highest BCUT2D eigenvalue weighted by Crippen LogP contribution is 2.36. The maximum absolute atomic E-state index is 13.1. The zero-order valence-corrected chi connectivity index (χ0v) is 32.9. The molecule has 4 aromatic heterocycles. The Morgan fingerprint density at radius 1 is 0.684 bits per heavy atom. The number of nitrogens with zero attached hydrogens (tertiary/aromatic N) is 6. The molecule has 8 rings (SSSR count). The van der Waals surface area contributed by atoms with Crippen LogP contribution >= 0.6 is 22.7 Å². The number of thiazole rings is 2. The number of methoxy groups -OCH3 is 1. The topological polar surface area (TPSA) is 183 Å². The first-order valence-corrected chi connectivity index (χ1v) is 21.2. The van der Waals surface area contributed by atoms with Gasteiger partial charge in [-0.2, -0.15) is 10.2 Å². The van der Waals surface area contributed by atoms with Crippen LogP contribution in [0.1, 0.15) is 147 Å². The predicted octanol–water partition coefficient (Wildman–Crippen LogP) is 8.86.